The van der Waals surface area contributed by atoms with E-state index in [2.05, 4.69) is 11.7 Å². The Bertz CT molecular complexity index is 577. The molecule has 108 valence electrons. The molecule has 0 atom stereocenters. The van der Waals surface area contributed by atoms with Crippen molar-refractivity contribution >= 4 is 0 Å². The third-order valence-electron chi connectivity index (χ3n) is 5.69. The minimum absolute atomic E-state index is 0.0646. The largest absolute Gasteiger partial charge is 0.364 e. The van der Waals surface area contributed by atoms with Crippen LogP contribution in [0.2, 0.25) is 0 Å². The van der Waals surface area contributed by atoms with Crippen LogP contribution in [-0.2, 0) is 12.0 Å². The maximum Gasteiger partial charge on any atom is 0.364 e. The standard InChI is InChI=1S/C15H22N4O/c1-2-3-18-14(20)19(16)13(17-18)15-7-10-4-11(8-15)6-12(5-10)9-15/h2,10-12H,1,3-9,16H2. The number of rotatable bonds is 3. The number of hydrogen-bond donors (Lipinski definition) is 1. The molecule has 5 rings (SSSR count). The van der Waals surface area contributed by atoms with Gasteiger partial charge < -0.3 is 5.84 Å². The van der Waals surface area contributed by atoms with Gasteiger partial charge in [-0.05, 0) is 56.3 Å². The lowest BCUT2D eigenvalue weighted by Gasteiger charge is -2.55. The first-order valence-electron chi connectivity index (χ1n) is 7.67. The maximum atomic E-state index is 12.2. The SMILES string of the molecule is C=CCn1nc(C23CC4CC(CC(C4)C2)C3)n(N)c1=O. The van der Waals surface area contributed by atoms with Gasteiger partial charge in [-0.1, -0.05) is 6.08 Å². The molecule has 4 saturated carbocycles. The topological polar surface area (TPSA) is 65.8 Å². The molecule has 4 aliphatic carbocycles. The van der Waals surface area contributed by atoms with Gasteiger partial charge in [-0.25, -0.2) is 9.48 Å². The molecular formula is C15H22N4O. The fourth-order valence-corrected chi connectivity index (χ4v) is 5.41. The zero-order valence-electron chi connectivity index (χ0n) is 11.8. The summed E-state index contributed by atoms with van der Waals surface area (Å²) in [5, 5.41) is 4.56. The zero-order valence-corrected chi connectivity index (χ0v) is 11.8. The van der Waals surface area contributed by atoms with Crippen LogP contribution in [0.15, 0.2) is 17.4 Å². The summed E-state index contributed by atoms with van der Waals surface area (Å²) in [4.78, 5) is 12.2. The smallest absolute Gasteiger partial charge is 0.333 e. The number of nitrogen functional groups attached to an aromatic ring is 1. The Morgan fingerprint density at radius 3 is 2.30 bits per heavy atom. The average Bonchev–Trinajstić information content (AvgIpc) is 2.67. The third-order valence-corrected chi connectivity index (χ3v) is 5.69. The van der Waals surface area contributed by atoms with Gasteiger partial charge in [0.05, 0.1) is 6.54 Å². The van der Waals surface area contributed by atoms with Crippen molar-refractivity contribution in [1.82, 2.24) is 14.5 Å². The highest BCUT2D eigenvalue weighted by Crippen LogP contribution is 2.60. The van der Waals surface area contributed by atoms with Gasteiger partial charge in [-0.15, -0.1) is 6.58 Å². The third kappa shape index (κ3) is 1.55. The van der Waals surface area contributed by atoms with E-state index in [1.54, 1.807) is 6.08 Å². The van der Waals surface area contributed by atoms with Crippen molar-refractivity contribution in [1.29, 1.82) is 0 Å². The van der Waals surface area contributed by atoms with Gasteiger partial charge in [-0.2, -0.15) is 9.77 Å². The Balaban J connectivity index is 1.79. The minimum Gasteiger partial charge on any atom is -0.333 e. The highest BCUT2D eigenvalue weighted by Gasteiger charge is 2.54. The lowest BCUT2D eigenvalue weighted by atomic mass is 9.49. The number of aromatic nitrogens is 3. The van der Waals surface area contributed by atoms with E-state index < -0.39 is 0 Å². The first kappa shape index (κ1) is 12.2. The van der Waals surface area contributed by atoms with E-state index in [0.717, 1.165) is 23.6 Å². The molecule has 0 unspecified atom stereocenters. The van der Waals surface area contributed by atoms with Crippen LogP contribution < -0.4 is 11.5 Å². The van der Waals surface area contributed by atoms with Crippen molar-refractivity contribution in [2.24, 2.45) is 17.8 Å². The number of nitrogens with two attached hydrogens (primary N) is 1. The average molecular weight is 274 g/mol. The summed E-state index contributed by atoms with van der Waals surface area (Å²) in [6, 6.07) is 0. The molecule has 4 aliphatic rings. The molecule has 0 amide bonds. The van der Waals surface area contributed by atoms with Gasteiger partial charge in [0.1, 0.15) is 0 Å². The van der Waals surface area contributed by atoms with Crippen LogP contribution in [0.25, 0.3) is 0 Å². The lowest BCUT2D eigenvalue weighted by molar-refractivity contribution is -0.0107. The second-order valence-corrected chi connectivity index (χ2v) is 7.14. The monoisotopic (exact) mass is 274 g/mol. The fraction of sp³-hybridized carbons (Fsp3) is 0.733. The molecule has 0 aliphatic heterocycles. The van der Waals surface area contributed by atoms with Crippen LogP contribution in [0.1, 0.15) is 44.3 Å². The van der Waals surface area contributed by atoms with Gasteiger partial charge in [0.15, 0.2) is 5.82 Å². The first-order valence-corrected chi connectivity index (χ1v) is 7.67. The predicted molar refractivity (Wildman–Crippen MR) is 76.7 cm³/mol. The van der Waals surface area contributed by atoms with Gasteiger partial charge >= 0.3 is 5.69 Å². The molecule has 0 saturated heterocycles. The van der Waals surface area contributed by atoms with Crippen molar-refractivity contribution in [2.45, 2.75) is 50.5 Å². The molecule has 1 aromatic heterocycles. The van der Waals surface area contributed by atoms with Crippen molar-refractivity contribution in [3.05, 3.63) is 29.0 Å². The lowest BCUT2D eigenvalue weighted by Crippen LogP contribution is -2.50. The van der Waals surface area contributed by atoms with E-state index in [9.17, 15) is 4.79 Å². The summed E-state index contributed by atoms with van der Waals surface area (Å²) in [6.45, 7) is 4.11. The van der Waals surface area contributed by atoms with E-state index in [0.29, 0.717) is 6.54 Å². The Kier molecular flexibility index (Phi) is 2.44. The highest BCUT2D eigenvalue weighted by atomic mass is 16.2. The Morgan fingerprint density at radius 2 is 1.80 bits per heavy atom. The summed E-state index contributed by atoms with van der Waals surface area (Å²) in [7, 11) is 0. The molecule has 0 radical (unpaired) electrons. The summed E-state index contributed by atoms with van der Waals surface area (Å²) < 4.78 is 2.75. The summed E-state index contributed by atoms with van der Waals surface area (Å²) in [6.07, 6.45) is 9.32. The molecule has 20 heavy (non-hydrogen) atoms. The van der Waals surface area contributed by atoms with Crippen LogP contribution >= 0.6 is 0 Å². The molecule has 5 heteroatoms. The predicted octanol–water partition coefficient (Wildman–Crippen LogP) is 1.41. The quantitative estimate of drug-likeness (QED) is 0.669. The van der Waals surface area contributed by atoms with Crippen LogP contribution in [0.5, 0.6) is 0 Å². The van der Waals surface area contributed by atoms with Crippen LogP contribution in [0.4, 0.5) is 0 Å². The minimum atomic E-state index is -0.212. The Labute approximate surface area is 118 Å². The second kappa shape index (κ2) is 3.99. The molecule has 2 N–H and O–H groups in total. The molecule has 4 fully saturated rings. The van der Waals surface area contributed by atoms with E-state index in [4.69, 9.17) is 5.84 Å². The molecule has 0 spiro atoms. The molecule has 0 aromatic carbocycles. The van der Waals surface area contributed by atoms with Gasteiger partial charge in [0, 0.05) is 5.41 Å². The Hall–Kier alpha value is -1.52. The van der Waals surface area contributed by atoms with Gasteiger partial charge in [0.2, 0.25) is 0 Å². The summed E-state index contributed by atoms with van der Waals surface area (Å²) >= 11 is 0. The summed E-state index contributed by atoms with van der Waals surface area (Å²) in [5.41, 5.74) is -0.148. The van der Waals surface area contributed by atoms with Crippen LogP contribution in [0.3, 0.4) is 0 Å². The maximum absolute atomic E-state index is 12.2. The van der Waals surface area contributed by atoms with Gasteiger partial charge in [-0.3, -0.25) is 0 Å². The van der Waals surface area contributed by atoms with Crippen LogP contribution in [-0.4, -0.2) is 14.5 Å². The van der Waals surface area contributed by atoms with Crippen molar-refractivity contribution in [3.8, 4) is 0 Å². The van der Waals surface area contributed by atoms with Crippen molar-refractivity contribution in [3.63, 3.8) is 0 Å². The molecule has 1 heterocycles. The molecule has 1 aromatic rings. The number of hydrogen-bond acceptors (Lipinski definition) is 3. The van der Waals surface area contributed by atoms with E-state index in [-0.39, 0.29) is 11.1 Å². The first-order chi connectivity index (χ1) is 9.61. The van der Waals surface area contributed by atoms with Crippen molar-refractivity contribution < 1.29 is 0 Å². The van der Waals surface area contributed by atoms with Crippen LogP contribution in [0, 0.1) is 17.8 Å². The normalized spacial score (nSPS) is 38.3. The highest BCUT2D eigenvalue weighted by molar-refractivity contribution is 5.17. The fourth-order valence-electron chi connectivity index (χ4n) is 5.41. The Morgan fingerprint density at radius 1 is 1.25 bits per heavy atom. The van der Waals surface area contributed by atoms with E-state index in [1.165, 1.54) is 47.9 Å². The number of allylic oxidation sites excluding steroid dienone is 1. The molecule has 4 bridgehead atoms. The van der Waals surface area contributed by atoms with Crippen molar-refractivity contribution in [2.75, 3.05) is 5.84 Å². The van der Waals surface area contributed by atoms with E-state index >= 15 is 0 Å². The molecule has 5 nitrogen and oxygen atoms in total. The molecular weight excluding hydrogens is 252 g/mol. The summed E-state index contributed by atoms with van der Waals surface area (Å²) in [5.74, 6) is 9.33. The second-order valence-electron chi connectivity index (χ2n) is 7.14. The zero-order chi connectivity index (χ0) is 13.9. The van der Waals surface area contributed by atoms with E-state index in [1.807, 2.05) is 0 Å². The van der Waals surface area contributed by atoms with Gasteiger partial charge in [0.25, 0.3) is 0 Å². The number of nitrogens with zero attached hydrogens (tertiary/aromatic N) is 3.